The molecular weight excluding hydrogens is 737 g/mol. The van der Waals surface area contributed by atoms with Gasteiger partial charge in [-0.3, -0.25) is 18.6 Å². The quantitative estimate of drug-likeness (QED) is 0.0270. The largest absolute Gasteiger partial charge is 0.472 e. The molecule has 0 aliphatic carbocycles. The number of nitrogens with two attached hydrogens (primary N) is 1. The summed E-state index contributed by atoms with van der Waals surface area (Å²) < 4.78 is 32.6. The summed E-state index contributed by atoms with van der Waals surface area (Å²) in [6, 6.07) is 0. The lowest BCUT2D eigenvalue weighted by Gasteiger charge is -2.19. The summed E-state index contributed by atoms with van der Waals surface area (Å²) in [6.07, 6.45) is 55.7. The molecule has 9 nitrogen and oxygen atoms in total. The van der Waals surface area contributed by atoms with Crippen LogP contribution in [0.2, 0.25) is 0 Å². The van der Waals surface area contributed by atoms with Gasteiger partial charge in [-0.15, -0.1) is 0 Å². The van der Waals surface area contributed by atoms with Crippen molar-refractivity contribution in [2.45, 2.75) is 148 Å². The monoisotopic (exact) mass is 814 g/mol. The number of hydrogen-bond donors (Lipinski definition) is 2. The van der Waals surface area contributed by atoms with Gasteiger partial charge in [0.2, 0.25) is 0 Å². The molecule has 2 atom stereocenters. The van der Waals surface area contributed by atoms with E-state index in [1.165, 1.54) is 38.5 Å². The summed E-state index contributed by atoms with van der Waals surface area (Å²) in [6.45, 7) is 3.43. The molecule has 0 aromatic carbocycles. The molecular formula is C47H76NO8P. The Morgan fingerprint density at radius 2 is 1.00 bits per heavy atom. The van der Waals surface area contributed by atoms with Crippen LogP contribution < -0.4 is 5.73 Å². The van der Waals surface area contributed by atoms with E-state index in [0.29, 0.717) is 12.8 Å². The van der Waals surface area contributed by atoms with Crippen molar-refractivity contribution in [2.24, 2.45) is 5.73 Å². The zero-order valence-electron chi connectivity index (χ0n) is 35.3. The van der Waals surface area contributed by atoms with Crippen molar-refractivity contribution in [1.29, 1.82) is 0 Å². The maximum absolute atomic E-state index is 12.5. The van der Waals surface area contributed by atoms with Crippen molar-refractivity contribution in [1.82, 2.24) is 0 Å². The Morgan fingerprint density at radius 3 is 1.51 bits per heavy atom. The lowest BCUT2D eigenvalue weighted by Crippen LogP contribution is -2.29. The highest BCUT2D eigenvalue weighted by Crippen LogP contribution is 2.43. The Labute approximate surface area is 346 Å². The zero-order valence-corrected chi connectivity index (χ0v) is 36.2. The maximum Gasteiger partial charge on any atom is 0.472 e. The third kappa shape index (κ3) is 42.1. The molecule has 322 valence electrons. The van der Waals surface area contributed by atoms with Crippen LogP contribution in [-0.4, -0.2) is 49.3 Å². The molecule has 1 unspecified atom stereocenters. The minimum Gasteiger partial charge on any atom is -0.462 e. The van der Waals surface area contributed by atoms with Crippen LogP contribution in [0.5, 0.6) is 0 Å². The normalized spacial score (nSPS) is 14.4. The highest BCUT2D eigenvalue weighted by Gasteiger charge is 2.25. The van der Waals surface area contributed by atoms with Crippen LogP contribution in [0, 0.1) is 0 Å². The van der Waals surface area contributed by atoms with Crippen LogP contribution >= 0.6 is 7.82 Å². The van der Waals surface area contributed by atoms with Gasteiger partial charge >= 0.3 is 19.8 Å². The lowest BCUT2D eigenvalue weighted by molar-refractivity contribution is -0.161. The maximum atomic E-state index is 12.5. The SMILES string of the molecule is CC/C=C/C/C=C/C/C=C/C/C=C/C/C=C/C/C=C/CCC(=O)O[C@H](COC(=O)CCC/C=C/C/C=C/C/C=C/CCCCCCCC)COP(=O)(O)OCCN. The molecule has 0 aromatic rings. The van der Waals surface area contributed by atoms with E-state index in [0.717, 1.165) is 64.2 Å². The first kappa shape index (κ1) is 53.7. The van der Waals surface area contributed by atoms with E-state index in [2.05, 4.69) is 105 Å². The number of ether oxygens (including phenoxy) is 2. The smallest absolute Gasteiger partial charge is 0.462 e. The highest BCUT2D eigenvalue weighted by atomic mass is 31.2. The number of phosphoric ester groups is 1. The molecule has 0 bridgehead atoms. The predicted octanol–water partition coefficient (Wildman–Crippen LogP) is 12.4. The lowest BCUT2D eigenvalue weighted by atomic mass is 10.1. The summed E-state index contributed by atoms with van der Waals surface area (Å²) >= 11 is 0. The Kier molecular flexibility index (Phi) is 39.8. The second-order valence-electron chi connectivity index (χ2n) is 13.5. The Balaban J connectivity index is 4.40. The number of hydrogen-bond acceptors (Lipinski definition) is 8. The number of esters is 2. The minimum atomic E-state index is -4.42. The molecule has 57 heavy (non-hydrogen) atoms. The van der Waals surface area contributed by atoms with Gasteiger partial charge in [0, 0.05) is 19.4 Å². The Bertz CT molecular complexity index is 1290. The molecule has 0 heterocycles. The number of phosphoric acid groups is 1. The van der Waals surface area contributed by atoms with Crippen LogP contribution in [0.3, 0.4) is 0 Å². The molecule has 0 rings (SSSR count). The fraction of sp³-hybridized carbons (Fsp3) is 0.574. The summed E-state index contributed by atoms with van der Waals surface area (Å²) in [5.74, 6) is -1.00. The third-order valence-corrected chi connectivity index (χ3v) is 9.14. The zero-order chi connectivity index (χ0) is 41.8. The van der Waals surface area contributed by atoms with Gasteiger partial charge in [-0.05, 0) is 83.5 Å². The second-order valence-corrected chi connectivity index (χ2v) is 14.9. The molecule has 0 radical (unpaired) electrons. The van der Waals surface area contributed by atoms with Crippen molar-refractivity contribution in [2.75, 3.05) is 26.4 Å². The Morgan fingerprint density at radius 1 is 0.544 bits per heavy atom. The van der Waals surface area contributed by atoms with Gasteiger partial charge < -0.3 is 20.1 Å². The molecule has 0 aliphatic rings. The van der Waals surface area contributed by atoms with E-state index in [4.69, 9.17) is 24.3 Å². The molecule has 0 saturated heterocycles. The predicted molar refractivity (Wildman–Crippen MR) is 238 cm³/mol. The van der Waals surface area contributed by atoms with Crippen LogP contribution in [-0.2, 0) is 32.7 Å². The molecule has 0 saturated carbocycles. The van der Waals surface area contributed by atoms with Crippen LogP contribution in [0.4, 0.5) is 0 Å². The first-order valence-electron chi connectivity index (χ1n) is 21.4. The van der Waals surface area contributed by atoms with Crippen molar-refractivity contribution in [3.05, 3.63) is 109 Å². The second kappa shape index (κ2) is 42.3. The molecule has 0 aliphatic heterocycles. The van der Waals surface area contributed by atoms with Gasteiger partial charge in [0.1, 0.15) is 6.61 Å². The summed E-state index contributed by atoms with van der Waals surface area (Å²) in [7, 11) is -4.42. The third-order valence-electron chi connectivity index (χ3n) is 8.16. The first-order chi connectivity index (χ1) is 27.8. The van der Waals surface area contributed by atoms with Gasteiger partial charge in [0.15, 0.2) is 6.10 Å². The van der Waals surface area contributed by atoms with Gasteiger partial charge in [-0.25, -0.2) is 4.57 Å². The van der Waals surface area contributed by atoms with Crippen LogP contribution in [0.15, 0.2) is 109 Å². The summed E-state index contributed by atoms with van der Waals surface area (Å²) in [4.78, 5) is 34.8. The van der Waals surface area contributed by atoms with Crippen molar-refractivity contribution < 1.29 is 37.6 Å². The standard InChI is InChI=1S/C47H76NO8P/c1-3-5-7-9-11-13-15-17-19-21-22-24-26-28-30-32-34-36-38-40-47(50)56-45(44-55-57(51,52)54-42-41-48)43-53-46(49)39-37-35-33-31-29-27-25-23-20-18-16-14-12-10-8-6-4-2/h5,7,11,13,17-20,22,24-25,27-28,30-31,33-34,36,45H,3-4,6,8-10,12,14-16,21,23,26,29,32,35,37-44,48H2,1-2H3,(H,51,52)/b7-5+,13-11+,19-17+,20-18+,24-22+,27-25+,30-28+,33-31+,36-34+/t45-/m1/s1. The van der Waals surface area contributed by atoms with Gasteiger partial charge in [-0.2, -0.15) is 0 Å². The number of allylic oxidation sites excluding steroid dienone is 18. The van der Waals surface area contributed by atoms with E-state index in [1.807, 2.05) is 18.2 Å². The van der Waals surface area contributed by atoms with E-state index < -0.39 is 32.5 Å². The van der Waals surface area contributed by atoms with E-state index in [-0.39, 0.29) is 32.6 Å². The first-order valence-corrected chi connectivity index (χ1v) is 22.9. The fourth-order valence-electron chi connectivity index (χ4n) is 5.03. The number of carbonyl (C=O) groups excluding carboxylic acids is 2. The Hall–Kier alpha value is -3.33. The highest BCUT2D eigenvalue weighted by molar-refractivity contribution is 7.47. The summed E-state index contributed by atoms with van der Waals surface area (Å²) in [5.41, 5.74) is 5.34. The summed E-state index contributed by atoms with van der Waals surface area (Å²) in [5, 5.41) is 0. The topological polar surface area (TPSA) is 134 Å². The molecule has 10 heteroatoms. The van der Waals surface area contributed by atoms with E-state index in [9.17, 15) is 19.0 Å². The van der Waals surface area contributed by atoms with E-state index >= 15 is 0 Å². The number of unbranched alkanes of at least 4 members (excludes halogenated alkanes) is 7. The molecule has 0 spiro atoms. The average Bonchev–Trinajstić information content (AvgIpc) is 3.20. The van der Waals surface area contributed by atoms with E-state index in [1.54, 1.807) is 0 Å². The molecule has 0 fully saturated rings. The molecule has 0 amide bonds. The van der Waals surface area contributed by atoms with Crippen molar-refractivity contribution >= 4 is 19.8 Å². The number of rotatable bonds is 38. The minimum absolute atomic E-state index is 0.0292. The fourth-order valence-corrected chi connectivity index (χ4v) is 5.79. The van der Waals surface area contributed by atoms with Crippen molar-refractivity contribution in [3.63, 3.8) is 0 Å². The number of carbonyl (C=O) groups is 2. The van der Waals surface area contributed by atoms with Crippen LogP contribution in [0.1, 0.15) is 142 Å². The van der Waals surface area contributed by atoms with Gasteiger partial charge in [0.05, 0.1) is 13.2 Å². The van der Waals surface area contributed by atoms with Gasteiger partial charge in [-0.1, -0.05) is 155 Å². The average molecular weight is 814 g/mol. The van der Waals surface area contributed by atoms with Gasteiger partial charge in [0.25, 0.3) is 0 Å². The molecule has 0 aromatic heterocycles. The van der Waals surface area contributed by atoms with Crippen molar-refractivity contribution in [3.8, 4) is 0 Å². The van der Waals surface area contributed by atoms with Crippen LogP contribution in [0.25, 0.3) is 0 Å². The molecule has 3 N–H and O–H groups in total.